The van der Waals surface area contributed by atoms with Gasteiger partial charge in [0.2, 0.25) is 5.91 Å². The highest BCUT2D eigenvalue weighted by atomic mass is 32.2. The molecule has 0 saturated heterocycles. The monoisotopic (exact) mass is 454 g/mol. The van der Waals surface area contributed by atoms with Crippen molar-refractivity contribution in [1.82, 2.24) is 14.5 Å². The van der Waals surface area contributed by atoms with Crippen LogP contribution in [-0.2, 0) is 4.79 Å². The van der Waals surface area contributed by atoms with Crippen molar-refractivity contribution in [3.05, 3.63) is 46.2 Å². The van der Waals surface area contributed by atoms with Gasteiger partial charge in [0.1, 0.15) is 5.82 Å². The molecule has 0 unspecified atom stereocenters. The zero-order valence-electron chi connectivity index (χ0n) is 19.0. The number of nitrogens with zero attached hydrogens (tertiary/aromatic N) is 3. The molecule has 1 heterocycles. The van der Waals surface area contributed by atoms with Gasteiger partial charge in [0, 0.05) is 23.8 Å². The third-order valence-electron chi connectivity index (χ3n) is 6.74. The molecule has 2 fully saturated rings. The Labute approximate surface area is 194 Å². The van der Waals surface area contributed by atoms with Crippen molar-refractivity contribution in [2.45, 2.75) is 88.4 Å². The minimum absolute atomic E-state index is 0.168. The van der Waals surface area contributed by atoms with Crippen LogP contribution in [0.3, 0.4) is 0 Å². The number of thioether (sulfide) groups is 1. The van der Waals surface area contributed by atoms with Gasteiger partial charge in [0.05, 0.1) is 5.75 Å². The topological polar surface area (TPSA) is 81.2 Å². The number of benzene rings is 1. The molecule has 0 atom stereocenters. The molecule has 1 amide bonds. The minimum Gasteiger partial charge on any atom is -0.385 e. The van der Waals surface area contributed by atoms with E-state index in [9.17, 15) is 9.59 Å². The zero-order chi connectivity index (χ0) is 22.5. The SMILES string of the molecule is Cc1cccc(-n2c(N)cc(=O)nc2SCC(=O)N(C2CCCCC2)C2CCCCC2)c1. The lowest BCUT2D eigenvalue weighted by Gasteiger charge is -2.41. The number of carbonyl (C=O) groups excluding carboxylic acids is 1. The van der Waals surface area contributed by atoms with Gasteiger partial charge in [-0.3, -0.25) is 14.2 Å². The molecule has 0 aliphatic heterocycles. The molecule has 1 aromatic heterocycles. The van der Waals surface area contributed by atoms with Crippen LogP contribution in [0.4, 0.5) is 5.82 Å². The summed E-state index contributed by atoms with van der Waals surface area (Å²) < 4.78 is 1.78. The van der Waals surface area contributed by atoms with Gasteiger partial charge in [-0.1, -0.05) is 62.4 Å². The smallest absolute Gasteiger partial charge is 0.275 e. The first-order valence-electron chi connectivity index (χ1n) is 11.9. The van der Waals surface area contributed by atoms with E-state index in [2.05, 4.69) is 9.88 Å². The minimum atomic E-state index is -0.377. The second-order valence-electron chi connectivity index (χ2n) is 9.15. The van der Waals surface area contributed by atoms with Crippen LogP contribution >= 0.6 is 11.8 Å². The molecule has 32 heavy (non-hydrogen) atoms. The number of hydrogen-bond donors (Lipinski definition) is 1. The van der Waals surface area contributed by atoms with E-state index in [0.29, 0.717) is 23.1 Å². The summed E-state index contributed by atoms with van der Waals surface area (Å²) in [7, 11) is 0. The molecule has 4 rings (SSSR count). The molecule has 2 N–H and O–H groups in total. The first kappa shape index (κ1) is 22.9. The van der Waals surface area contributed by atoms with Crippen molar-refractivity contribution in [2.75, 3.05) is 11.5 Å². The summed E-state index contributed by atoms with van der Waals surface area (Å²) in [6, 6.07) is 9.96. The number of anilines is 1. The first-order chi connectivity index (χ1) is 15.5. The van der Waals surface area contributed by atoms with Crippen LogP contribution in [0.25, 0.3) is 5.69 Å². The van der Waals surface area contributed by atoms with Crippen LogP contribution < -0.4 is 11.3 Å². The van der Waals surface area contributed by atoms with E-state index >= 15 is 0 Å². The van der Waals surface area contributed by atoms with E-state index in [0.717, 1.165) is 36.9 Å². The van der Waals surface area contributed by atoms with Gasteiger partial charge in [0.15, 0.2) is 5.16 Å². The van der Waals surface area contributed by atoms with Crippen molar-refractivity contribution >= 4 is 23.5 Å². The fraction of sp³-hybridized carbons (Fsp3) is 0.560. The van der Waals surface area contributed by atoms with Gasteiger partial charge >= 0.3 is 0 Å². The molecule has 2 aliphatic carbocycles. The quantitative estimate of drug-likeness (QED) is 0.505. The van der Waals surface area contributed by atoms with E-state index in [1.54, 1.807) is 4.57 Å². The van der Waals surface area contributed by atoms with E-state index < -0.39 is 0 Å². The lowest BCUT2D eigenvalue weighted by Crippen LogP contribution is -2.49. The highest BCUT2D eigenvalue weighted by Gasteiger charge is 2.32. The van der Waals surface area contributed by atoms with Crippen molar-refractivity contribution in [1.29, 1.82) is 0 Å². The summed E-state index contributed by atoms with van der Waals surface area (Å²) in [4.78, 5) is 32.1. The Morgan fingerprint density at radius 1 is 1.06 bits per heavy atom. The summed E-state index contributed by atoms with van der Waals surface area (Å²) in [5, 5.41) is 0.473. The molecule has 0 bridgehead atoms. The number of aromatic nitrogens is 2. The molecule has 2 aromatic rings. The maximum atomic E-state index is 13.5. The third-order valence-corrected chi connectivity index (χ3v) is 7.66. The summed E-state index contributed by atoms with van der Waals surface area (Å²) in [5.74, 6) is 0.776. The third kappa shape index (κ3) is 5.37. The highest BCUT2D eigenvalue weighted by molar-refractivity contribution is 7.99. The van der Waals surface area contributed by atoms with Crippen LogP contribution in [0.1, 0.15) is 69.8 Å². The highest BCUT2D eigenvalue weighted by Crippen LogP contribution is 2.32. The van der Waals surface area contributed by atoms with Crippen molar-refractivity contribution in [3.63, 3.8) is 0 Å². The summed E-state index contributed by atoms with van der Waals surface area (Å²) in [6.45, 7) is 2.01. The predicted molar refractivity (Wildman–Crippen MR) is 130 cm³/mol. The number of hydrogen-bond acceptors (Lipinski definition) is 5. The number of amides is 1. The van der Waals surface area contributed by atoms with Crippen LogP contribution in [0.2, 0.25) is 0 Å². The lowest BCUT2D eigenvalue weighted by molar-refractivity contribution is -0.135. The Hall–Kier alpha value is -2.28. The van der Waals surface area contributed by atoms with Gasteiger partial charge in [-0.15, -0.1) is 0 Å². The molecule has 6 nitrogen and oxygen atoms in total. The molecule has 172 valence electrons. The zero-order valence-corrected chi connectivity index (χ0v) is 19.8. The van der Waals surface area contributed by atoms with Crippen LogP contribution in [0, 0.1) is 6.92 Å². The number of nitrogens with two attached hydrogens (primary N) is 1. The molecular weight excluding hydrogens is 420 g/mol. The van der Waals surface area contributed by atoms with Crippen LogP contribution in [0.15, 0.2) is 40.3 Å². The van der Waals surface area contributed by atoms with Gasteiger partial charge in [-0.25, -0.2) is 0 Å². The van der Waals surface area contributed by atoms with E-state index in [-0.39, 0.29) is 17.2 Å². The Morgan fingerprint density at radius 2 is 1.69 bits per heavy atom. The number of aryl methyl sites for hydroxylation is 1. The van der Waals surface area contributed by atoms with E-state index in [1.165, 1.54) is 56.4 Å². The van der Waals surface area contributed by atoms with Gasteiger partial charge in [-0.2, -0.15) is 4.98 Å². The molecule has 7 heteroatoms. The maximum absolute atomic E-state index is 13.5. The van der Waals surface area contributed by atoms with Crippen LogP contribution in [0.5, 0.6) is 0 Å². The van der Waals surface area contributed by atoms with E-state index in [4.69, 9.17) is 5.73 Å². The standard InChI is InChI=1S/C25H34N4O2S/c1-18-9-8-14-21(15-18)29-22(26)16-23(30)27-25(29)32-17-24(31)28(19-10-4-2-5-11-19)20-12-6-3-7-13-20/h8-9,14-16,19-20H,2-7,10-13,17,26H2,1H3. The summed E-state index contributed by atoms with van der Waals surface area (Å²) in [6.07, 6.45) is 11.8. The summed E-state index contributed by atoms with van der Waals surface area (Å²) in [5.41, 5.74) is 7.78. The van der Waals surface area contributed by atoms with Gasteiger partial charge < -0.3 is 10.6 Å². The largest absolute Gasteiger partial charge is 0.385 e. The Morgan fingerprint density at radius 3 is 2.28 bits per heavy atom. The second kappa shape index (κ2) is 10.6. The maximum Gasteiger partial charge on any atom is 0.275 e. The molecule has 0 radical (unpaired) electrons. The first-order valence-corrected chi connectivity index (χ1v) is 12.9. The van der Waals surface area contributed by atoms with Crippen molar-refractivity contribution in [2.24, 2.45) is 0 Å². The van der Waals surface area contributed by atoms with Gasteiger partial charge in [0.25, 0.3) is 5.56 Å². The average Bonchev–Trinajstić information content (AvgIpc) is 2.79. The molecule has 2 aliphatic rings. The Kier molecular flexibility index (Phi) is 7.55. The van der Waals surface area contributed by atoms with Crippen LogP contribution in [-0.4, -0.2) is 38.2 Å². The average molecular weight is 455 g/mol. The Bertz CT molecular complexity index is 976. The fourth-order valence-electron chi connectivity index (χ4n) is 5.23. The molecule has 1 aromatic carbocycles. The van der Waals surface area contributed by atoms with Crippen molar-refractivity contribution in [3.8, 4) is 5.69 Å². The molecule has 0 spiro atoms. The van der Waals surface area contributed by atoms with Gasteiger partial charge in [-0.05, 0) is 50.3 Å². The fourth-order valence-corrected chi connectivity index (χ4v) is 6.12. The number of rotatable bonds is 6. The number of carbonyl (C=O) groups is 1. The predicted octanol–water partition coefficient (Wildman–Crippen LogP) is 4.71. The number of nitrogen functional groups attached to an aromatic ring is 1. The second-order valence-corrected chi connectivity index (χ2v) is 10.1. The lowest BCUT2D eigenvalue weighted by atomic mass is 9.88. The van der Waals surface area contributed by atoms with E-state index in [1.807, 2.05) is 31.2 Å². The Balaban J connectivity index is 1.57. The summed E-state index contributed by atoms with van der Waals surface area (Å²) >= 11 is 1.32. The normalized spacial score (nSPS) is 17.9. The van der Waals surface area contributed by atoms with Crippen molar-refractivity contribution < 1.29 is 4.79 Å². The molecule has 2 saturated carbocycles. The molecular formula is C25H34N4O2S.